The van der Waals surface area contributed by atoms with Gasteiger partial charge in [-0.15, -0.1) is 24.0 Å². The number of likely N-dealkylation sites (tertiary alicyclic amines) is 1. The van der Waals surface area contributed by atoms with Crippen LogP contribution in [-0.2, 0) is 6.18 Å². The van der Waals surface area contributed by atoms with Crippen LogP contribution in [0, 0.1) is 0 Å². The number of nitrogens with zero attached hydrogens (tertiary/aromatic N) is 3. The third-order valence-corrected chi connectivity index (χ3v) is 4.40. The molecule has 0 saturated carbocycles. The predicted octanol–water partition coefficient (Wildman–Crippen LogP) is 3.14. The lowest BCUT2D eigenvalue weighted by Gasteiger charge is -2.32. The molecular formula is C18H29F3IN5O. The van der Waals surface area contributed by atoms with Gasteiger partial charge in [0, 0.05) is 38.4 Å². The molecule has 2 N–H and O–H groups in total. The Morgan fingerprint density at radius 2 is 2.04 bits per heavy atom. The van der Waals surface area contributed by atoms with Crippen molar-refractivity contribution >= 4 is 29.9 Å². The highest BCUT2D eigenvalue weighted by Crippen LogP contribution is 2.29. The van der Waals surface area contributed by atoms with Crippen LogP contribution in [0.2, 0.25) is 0 Å². The van der Waals surface area contributed by atoms with E-state index in [2.05, 4.69) is 32.4 Å². The molecule has 0 bridgehead atoms. The van der Waals surface area contributed by atoms with Crippen LogP contribution in [0.25, 0.3) is 0 Å². The summed E-state index contributed by atoms with van der Waals surface area (Å²) in [7, 11) is 1.71. The van der Waals surface area contributed by atoms with Gasteiger partial charge in [-0.2, -0.15) is 13.2 Å². The number of hydrogen-bond donors (Lipinski definition) is 2. The van der Waals surface area contributed by atoms with Gasteiger partial charge in [-0.25, -0.2) is 4.98 Å². The highest BCUT2D eigenvalue weighted by Gasteiger charge is 2.30. The second kappa shape index (κ2) is 12.3. The first-order chi connectivity index (χ1) is 12.9. The minimum Gasteiger partial charge on any atom is -0.476 e. The molecule has 1 aromatic heterocycles. The second-order valence-corrected chi connectivity index (χ2v) is 6.49. The monoisotopic (exact) mass is 515 g/mol. The van der Waals surface area contributed by atoms with Crippen molar-refractivity contribution in [3.63, 3.8) is 0 Å². The van der Waals surface area contributed by atoms with Crippen molar-refractivity contribution in [3.8, 4) is 5.88 Å². The van der Waals surface area contributed by atoms with E-state index < -0.39 is 11.7 Å². The summed E-state index contributed by atoms with van der Waals surface area (Å²) in [5.41, 5.74) is -0.789. The summed E-state index contributed by atoms with van der Waals surface area (Å²) in [6.45, 7) is 6.26. The largest absolute Gasteiger partial charge is 0.476 e. The van der Waals surface area contributed by atoms with Gasteiger partial charge in [-0.3, -0.25) is 4.99 Å². The van der Waals surface area contributed by atoms with Gasteiger partial charge in [0.15, 0.2) is 5.96 Å². The Hall–Kier alpha value is -1.30. The molecule has 10 heteroatoms. The van der Waals surface area contributed by atoms with E-state index in [1.165, 1.54) is 12.5 Å². The Balaban J connectivity index is 0.00000392. The summed E-state index contributed by atoms with van der Waals surface area (Å²) < 4.78 is 42.8. The normalized spacial score (nSPS) is 16.4. The standard InChI is InChI=1S/C18H28F3N5O.HI/c1-3-9-26-10-6-15(7-11-26)25-17(22-2)23-8-12-27-16-5-4-14(13-24-16)18(19,20)21;/h4-5,13,15H,3,6-12H2,1-2H3,(H2,22,23,25);1H. The molecule has 0 unspecified atom stereocenters. The zero-order valence-corrected chi connectivity index (χ0v) is 18.6. The summed E-state index contributed by atoms with van der Waals surface area (Å²) in [5, 5.41) is 6.56. The Bertz CT molecular complexity index is 590. The van der Waals surface area contributed by atoms with Gasteiger partial charge in [0.1, 0.15) is 6.61 Å². The molecule has 6 nitrogen and oxygen atoms in total. The van der Waals surface area contributed by atoms with Gasteiger partial charge in [0.05, 0.1) is 12.1 Å². The molecule has 2 rings (SSSR count). The van der Waals surface area contributed by atoms with Crippen molar-refractivity contribution in [1.29, 1.82) is 0 Å². The topological polar surface area (TPSA) is 61.8 Å². The van der Waals surface area contributed by atoms with Crippen LogP contribution < -0.4 is 15.4 Å². The number of aliphatic imine (C=N–C) groups is 1. The fraction of sp³-hybridized carbons (Fsp3) is 0.667. The number of nitrogens with one attached hydrogen (secondary N) is 2. The van der Waals surface area contributed by atoms with E-state index in [1.807, 2.05) is 0 Å². The Morgan fingerprint density at radius 3 is 2.57 bits per heavy atom. The number of alkyl halides is 3. The average Bonchev–Trinajstić information content (AvgIpc) is 2.65. The summed E-state index contributed by atoms with van der Waals surface area (Å²) in [5.74, 6) is 0.865. The summed E-state index contributed by atoms with van der Waals surface area (Å²) in [6, 6.07) is 2.57. The zero-order valence-electron chi connectivity index (χ0n) is 16.3. The van der Waals surface area contributed by atoms with Gasteiger partial charge < -0.3 is 20.3 Å². The van der Waals surface area contributed by atoms with Crippen molar-refractivity contribution in [2.24, 2.45) is 4.99 Å². The number of pyridine rings is 1. The number of hydrogen-bond acceptors (Lipinski definition) is 4. The quantitative estimate of drug-likeness (QED) is 0.253. The molecule has 1 aromatic rings. The van der Waals surface area contributed by atoms with E-state index in [0.717, 1.165) is 44.7 Å². The number of aromatic nitrogens is 1. The minimum absolute atomic E-state index is 0. The third-order valence-electron chi connectivity index (χ3n) is 4.40. The van der Waals surface area contributed by atoms with Crippen LogP contribution in [0.5, 0.6) is 5.88 Å². The summed E-state index contributed by atoms with van der Waals surface area (Å²) >= 11 is 0. The molecule has 1 aliphatic rings. The lowest BCUT2D eigenvalue weighted by atomic mass is 10.1. The van der Waals surface area contributed by atoms with E-state index in [-0.39, 0.29) is 36.5 Å². The van der Waals surface area contributed by atoms with Crippen LogP contribution >= 0.6 is 24.0 Å². The van der Waals surface area contributed by atoms with Crippen molar-refractivity contribution in [1.82, 2.24) is 20.5 Å². The molecule has 28 heavy (non-hydrogen) atoms. The number of halogens is 4. The van der Waals surface area contributed by atoms with Crippen molar-refractivity contribution in [2.45, 2.75) is 38.4 Å². The van der Waals surface area contributed by atoms with E-state index >= 15 is 0 Å². The van der Waals surface area contributed by atoms with Crippen LogP contribution in [0.4, 0.5) is 13.2 Å². The highest BCUT2D eigenvalue weighted by atomic mass is 127. The van der Waals surface area contributed by atoms with Gasteiger partial charge in [-0.1, -0.05) is 6.92 Å². The SMILES string of the molecule is CCCN1CCC(NC(=NC)NCCOc2ccc(C(F)(F)F)cn2)CC1.I. The smallest absolute Gasteiger partial charge is 0.417 e. The fourth-order valence-electron chi connectivity index (χ4n) is 2.96. The second-order valence-electron chi connectivity index (χ2n) is 6.49. The van der Waals surface area contributed by atoms with Gasteiger partial charge in [0.2, 0.25) is 5.88 Å². The minimum atomic E-state index is -4.39. The maximum Gasteiger partial charge on any atom is 0.417 e. The Kier molecular flexibility index (Phi) is 10.9. The molecule has 0 radical (unpaired) electrons. The number of piperidine rings is 1. The lowest BCUT2D eigenvalue weighted by Crippen LogP contribution is -2.49. The molecule has 0 atom stereocenters. The van der Waals surface area contributed by atoms with Crippen LogP contribution in [0.1, 0.15) is 31.7 Å². The fourth-order valence-corrected chi connectivity index (χ4v) is 2.96. The van der Waals surface area contributed by atoms with Gasteiger partial charge in [0.25, 0.3) is 0 Å². The molecule has 0 spiro atoms. The number of ether oxygens (including phenoxy) is 1. The van der Waals surface area contributed by atoms with Crippen LogP contribution in [0.15, 0.2) is 23.3 Å². The van der Waals surface area contributed by atoms with E-state index in [4.69, 9.17) is 4.74 Å². The average molecular weight is 515 g/mol. The molecule has 1 aliphatic heterocycles. The third kappa shape index (κ3) is 8.38. The molecule has 1 saturated heterocycles. The van der Waals surface area contributed by atoms with Crippen LogP contribution in [-0.4, -0.2) is 61.7 Å². The zero-order chi connectivity index (χ0) is 19.7. The van der Waals surface area contributed by atoms with E-state index in [0.29, 0.717) is 18.5 Å². The summed E-state index contributed by atoms with van der Waals surface area (Å²) in [6.07, 6.45) is -0.291. The van der Waals surface area contributed by atoms with Gasteiger partial charge in [-0.05, 0) is 31.9 Å². The molecule has 0 amide bonds. The summed E-state index contributed by atoms with van der Waals surface area (Å²) in [4.78, 5) is 10.4. The highest BCUT2D eigenvalue weighted by molar-refractivity contribution is 14.0. The molecule has 160 valence electrons. The number of guanidine groups is 1. The molecule has 0 aliphatic carbocycles. The first-order valence-electron chi connectivity index (χ1n) is 9.28. The molecule has 1 fully saturated rings. The number of rotatable bonds is 7. The van der Waals surface area contributed by atoms with Crippen molar-refractivity contribution < 1.29 is 17.9 Å². The Labute approximate surface area is 181 Å². The van der Waals surface area contributed by atoms with Crippen LogP contribution in [0.3, 0.4) is 0 Å². The van der Waals surface area contributed by atoms with E-state index in [1.54, 1.807) is 7.05 Å². The lowest BCUT2D eigenvalue weighted by molar-refractivity contribution is -0.137. The van der Waals surface area contributed by atoms with Gasteiger partial charge >= 0.3 is 6.18 Å². The van der Waals surface area contributed by atoms with E-state index in [9.17, 15) is 13.2 Å². The molecule has 0 aromatic carbocycles. The molecule has 2 heterocycles. The molecular weight excluding hydrogens is 486 g/mol. The first kappa shape index (κ1) is 24.7. The maximum absolute atomic E-state index is 12.5. The maximum atomic E-state index is 12.5. The predicted molar refractivity (Wildman–Crippen MR) is 114 cm³/mol. The van der Waals surface area contributed by atoms with Crippen molar-refractivity contribution in [3.05, 3.63) is 23.9 Å². The Morgan fingerprint density at radius 1 is 1.32 bits per heavy atom. The first-order valence-corrected chi connectivity index (χ1v) is 9.28. The van der Waals surface area contributed by atoms with Crippen molar-refractivity contribution in [2.75, 3.05) is 39.8 Å².